The fourth-order valence-electron chi connectivity index (χ4n) is 0.640. The Morgan fingerprint density at radius 1 is 1.05 bits per heavy atom. The number of carbonyl (C=O) groups excluding carboxylic acids is 1. The minimum atomic E-state index is -0.935. The smallest absolute Gasteiger partial charge is 0.333 e. The number of esters is 1. The lowest BCUT2D eigenvalue weighted by Gasteiger charge is -2.02. The summed E-state index contributed by atoms with van der Waals surface area (Å²) in [5.41, 5.74) is 0.650. The van der Waals surface area contributed by atoms with Crippen LogP contribution in [0.2, 0.25) is 0 Å². The third-order valence-electron chi connectivity index (χ3n) is 1.69. The molecule has 5 nitrogen and oxygen atoms in total. The van der Waals surface area contributed by atoms with Crippen molar-refractivity contribution >= 4 is 11.9 Å². The first-order valence-electron chi connectivity index (χ1n) is 6.56. The Kier molecular flexibility index (Phi) is 20.4. The summed E-state index contributed by atoms with van der Waals surface area (Å²) in [5.74, 6) is -1.21. The molecule has 0 amide bonds. The average molecular weight is 288 g/mol. The minimum Gasteiger partial charge on any atom is -0.478 e. The van der Waals surface area contributed by atoms with Crippen LogP contribution < -0.4 is 0 Å². The normalized spacial score (nSPS) is 8.25. The number of ether oxygens (including phenoxy) is 1. The Morgan fingerprint density at radius 3 is 1.70 bits per heavy atom. The summed E-state index contributed by atoms with van der Waals surface area (Å²) in [4.78, 5) is 20.4. The summed E-state index contributed by atoms with van der Waals surface area (Å²) in [6, 6.07) is 0. The van der Waals surface area contributed by atoms with Gasteiger partial charge >= 0.3 is 11.9 Å². The largest absolute Gasteiger partial charge is 0.478 e. The van der Waals surface area contributed by atoms with E-state index in [9.17, 15) is 9.59 Å². The van der Waals surface area contributed by atoms with Crippen molar-refractivity contribution in [2.45, 2.75) is 47.0 Å². The van der Waals surface area contributed by atoms with Crippen LogP contribution in [0.15, 0.2) is 24.3 Å². The summed E-state index contributed by atoms with van der Waals surface area (Å²) in [5, 5.41) is 15.5. The minimum absolute atomic E-state index is 0.176. The van der Waals surface area contributed by atoms with Gasteiger partial charge in [0.05, 0.1) is 6.61 Å². The molecule has 118 valence electrons. The number of unbranched alkanes of at least 4 members (excludes halogenated alkanes) is 2. The fourth-order valence-corrected chi connectivity index (χ4v) is 0.640. The zero-order valence-electron chi connectivity index (χ0n) is 13.1. The number of rotatable bonds is 6. The molecule has 2 N–H and O–H groups in total. The summed E-state index contributed by atoms with van der Waals surface area (Å²) < 4.78 is 4.87. The van der Waals surface area contributed by atoms with Gasteiger partial charge in [-0.2, -0.15) is 0 Å². The molecule has 20 heavy (non-hydrogen) atoms. The lowest BCUT2D eigenvalue weighted by molar-refractivity contribution is -0.139. The third-order valence-corrected chi connectivity index (χ3v) is 1.69. The molecule has 0 aliphatic rings. The van der Waals surface area contributed by atoms with Crippen LogP contribution >= 0.6 is 0 Å². The first-order valence-corrected chi connectivity index (χ1v) is 6.56. The van der Waals surface area contributed by atoms with E-state index in [0.29, 0.717) is 12.2 Å². The molecule has 0 aliphatic carbocycles. The molecule has 0 bridgehead atoms. The van der Waals surface area contributed by atoms with Crippen LogP contribution in [0.25, 0.3) is 0 Å². The predicted molar refractivity (Wildman–Crippen MR) is 80.5 cm³/mol. The number of aliphatic hydroxyl groups is 1. The quantitative estimate of drug-likeness (QED) is 0.446. The van der Waals surface area contributed by atoms with Crippen molar-refractivity contribution in [2.75, 3.05) is 13.2 Å². The van der Waals surface area contributed by atoms with E-state index in [4.69, 9.17) is 14.9 Å². The third kappa shape index (κ3) is 25.3. The second-order valence-electron chi connectivity index (χ2n) is 4.03. The summed E-state index contributed by atoms with van der Waals surface area (Å²) in [6.07, 6.45) is 3.21. The van der Waals surface area contributed by atoms with E-state index in [1.807, 2.05) is 0 Å². The second-order valence-corrected chi connectivity index (χ2v) is 4.03. The molecule has 0 heterocycles. The zero-order chi connectivity index (χ0) is 16.6. The molecule has 0 spiro atoms. The highest BCUT2D eigenvalue weighted by Crippen LogP contribution is 1.97. The molecule has 0 saturated carbocycles. The van der Waals surface area contributed by atoms with Crippen LogP contribution in [0.1, 0.15) is 47.0 Å². The van der Waals surface area contributed by atoms with Crippen molar-refractivity contribution in [3.8, 4) is 0 Å². The number of aliphatic carboxylic acids is 1. The van der Waals surface area contributed by atoms with Crippen molar-refractivity contribution in [3.63, 3.8) is 0 Å². The molecule has 0 rings (SSSR count). The number of aliphatic hydroxyl groups excluding tert-OH is 1. The Bertz CT molecular complexity index is 283. The van der Waals surface area contributed by atoms with Gasteiger partial charge in [0, 0.05) is 17.8 Å². The van der Waals surface area contributed by atoms with Gasteiger partial charge in [0.1, 0.15) is 0 Å². The van der Waals surface area contributed by atoms with Crippen LogP contribution in [-0.2, 0) is 14.3 Å². The lowest BCUT2D eigenvalue weighted by atomic mass is 10.3. The van der Waals surface area contributed by atoms with E-state index in [1.54, 1.807) is 13.8 Å². The molecule has 0 aromatic rings. The van der Waals surface area contributed by atoms with E-state index in [-0.39, 0.29) is 18.1 Å². The van der Waals surface area contributed by atoms with Crippen LogP contribution in [0.3, 0.4) is 0 Å². The van der Waals surface area contributed by atoms with Gasteiger partial charge in [0.15, 0.2) is 0 Å². The van der Waals surface area contributed by atoms with Gasteiger partial charge in [-0.3, -0.25) is 0 Å². The molecule has 0 aliphatic heterocycles. The monoisotopic (exact) mass is 288 g/mol. The van der Waals surface area contributed by atoms with E-state index in [2.05, 4.69) is 20.1 Å². The van der Waals surface area contributed by atoms with E-state index in [1.165, 1.54) is 6.92 Å². The zero-order valence-corrected chi connectivity index (χ0v) is 13.1. The molecule has 5 heteroatoms. The van der Waals surface area contributed by atoms with Gasteiger partial charge in [-0.05, 0) is 27.2 Å². The molecular weight excluding hydrogens is 260 g/mol. The van der Waals surface area contributed by atoms with Crippen LogP contribution in [0, 0.1) is 0 Å². The maximum atomic E-state index is 10.8. The average Bonchev–Trinajstić information content (AvgIpc) is 2.35. The maximum absolute atomic E-state index is 10.8. The predicted octanol–water partition coefficient (Wildman–Crippen LogP) is 2.94. The number of hydrogen-bond donors (Lipinski definition) is 2. The highest BCUT2D eigenvalue weighted by Gasteiger charge is 2.00. The first kappa shape index (κ1) is 23.5. The Balaban J connectivity index is -0.000000270. The number of hydrogen-bond acceptors (Lipinski definition) is 4. The van der Waals surface area contributed by atoms with E-state index < -0.39 is 5.97 Å². The van der Waals surface area contributed by atoms with Crippen LogP contribution in [-0.4, -0.2) is 35.4 Å². The molecular formula is C15H28O5. The highest BCUT2D eigenvalue weighted by molar-refractivity contribution is 5.86. The number of carbonyl (C=O) groups is 2. The molecule has 0 saturated heterocycles. The SMILES string of the molecule is C=C(C)C(=O)O.C=C(C)C(=O)OCCCCC.CCO. The number of carboxylic acid groups (broad SMARTS) is 1. The highest BCUT2D eigenvalue weighted by atomic mass is 16.5. The van der Waals surface area contributed by atoms with Crippen molar-refractivity contribution in [1.82, 2.24) is 0 Å². The molecule has 0 radical (unpaired) electrons. The Hall–Kier alpha value is -1.62. The maximum Gasteiger partial charge on any atom is 0.333 e. The molecule has 0 unspecified atom stereocenters. The summed E-state index contributed by atoms with van der Waals surface area (Å²) in [6.45, 7) is 14.3. The van der Waals surface area contributed by atoms with E-state index in [0.717, 1.165) is 19.3 Å². The van der Waals surface area contributed by atoms with Gasteiger partial charge in [0.25, 0.3) is 0 Å². The van der Waals surface area contributed by atoms with E-state index >= 15 is 0 Å². The lowest BCUT2D eigenvalue weighted by Crippen LogP contribution is -2.05. The van der Waals surface area contributed by atoms with Crippen LogP contribution in [0.5, 0.6) is 0 Å². The van der Waals surface area contributed by atoms with Gasteiger partial charge in [-0.25, -0.2) is 9.59 Å². The number of carboxylic acids is 1. The second kappa shape index (κ2) is 17.4. The van der Waals surface area contributed by atoms with Crippen LogP contribution in [0.4, 0.5) is 0 Å². The topological polar surface area (TPSA) is 83.8 Å². The Morgan fingerprint density at radius 2 is 1.45 bits per heavy atom. The first-order chi connectivity index (χ1) is 9.24. The molecule has 0 fully saturated rings. The molecule has 0 aromatic carbocycles. The summed E-state index contributed by atoms with van der Waals surface area (Å²) >= 11 is 0. The van der Waals surface area contributed by atoms with Gasteiger partial charge < -0.3 is 14.9 Å². The summed E-state index contributed by atoms with van der Waals surface area (Å²) in [7, 11) is 0. The van der Waals surface area contributed by atoms with Crippen molar-refractivity contribution in [3.05, 3.63) is 24.3 Å². The fraction of sp³-hybridized carbons (Fsp3) is 0.600. The molecule has 0 aromatic heterocycles. The molecule has 0 atom stereocenters. The standard InChI is InChI=1S/C9H16O2.C4H6O2.C2H6O/c1-4-5-6-7-11-9(10)8(2)3;1-3(2)4(5)6;1-2-3/h2,4-7H2,1,3H3;1H2,2H3,(H,5,6);3H,2H2,1H3. The van der Waals surface area contributed by atoms with Gasteiger partial charge in [-0.1, -0.05) is 32.9 Å². The van der Waals surface area contributed by atoms with Gasteiger partial charge in [-0.15, -0.1) is 0 Å². The van der Waals surface area contributed by atoms with Crippen molar-refractivity contribution in [1.29, 1.82) is 0 Å². The van der Waals surface area contributed by atoms with Gasteiger partial charge in [0.2, 0.25) is 0 Å². The van der Waals surface area contributed by atoms with Crippen molar-refractivity contribution in [2.24, 2.45) is 0 Å². The Labute approximate surface area is 122 Å². The van der Waals surface area contributed by atoms with Crippen molar-refractivity contribution < 1.29 is 24.5 Å².